The standard InChI is InChI=1S/C32H34ClN5O5/c1-41-28-13-12-26(20-29(28)42-2)38-21-27(23-6-4-3-5-7-23)34-32(38)35-30(39)22-37(15-14-36-16-18-43-19-17-36)31(40)24-8-10-25(33)11-9-24/h3-13,20-21H,14-19,22H2,1-2H3,(H,34,35,39). The summed E-state index contributed by atoms with van der Waals surface area (Å²) < 4.78 is 18.1. The first-order valence-corrected chi connectivity index (χ1v) is 14.3. The van der Waals surface area contributed by atoms with Crippen LogP contribution in [0.3, 0.4) is 0 Å². The SMILES string of the molecule is COc1ccc(-n2cc(-c3ccccc3)nc2NC(=O)CN(CCN2CCOCC2)C(=O)c2ccc(Cl)cc2)cc1OC. The largest absolute Gasteiger partial charge is 0.493 e. The lowest BCUT2D eigenvalue weighted by Gasteiger charge is -2.30. The molecule has 0 bridgehead atoms. The number of morpholine rings is 1. The van der Waals surface area contributed by atoms with Crippen LogP contribution < -0.4 is 14.8 Å². The molecule has 11 heteroatoms. The Bertz CT molecular complexity index is 1540. The Labute approximate surface area is 255 Å². The van der Waals surface area contributed by atoms with Crippen LogP contribution in [0.25, 0.3) is 16.9 Å². The number of carbonyl (C=O) groups excluding carboxylic acids is 2. The van der Waals surface area contributed by atoms with Gasteiger partial charge < -0.3 is 19.1 Å². The normalized spacial score (nSPS) is 13.4. The average molecular weight is 604 g/mol. The summed E-state index contributed by atoms with van der Waals surface area (Å²) in [5.41, 5.74) is 2.73. The Hall–Kier alpha value is -4.38. The summed E-state index contributed by atoms with van der Waals surface area (Å²) in [6.45, 7) is 3.68. The summed E-state index contributed by atoms with van der Waals surface area (Å²) in [6, 6.07) is 21.8. The molecule has 2 heterocycles. The van der Waals surface area contributed by atoms with Gasteiger partial charge >= 0.3 is 0 Å². The third-order valence-electron chi connectivity index (χ3n) is 7.17. The van der Waals surface area contributed by atoms with E-state index in [-0.39, 0.29) is 18.4 Å². The zero-order valence-electron chi connectivity index (χ0n) is 24.2. The smallest absolute Gasteiger partial charge is 0.254 e. The van der Waals surface area contributed by atoms with E-state index in [2.05, 4.69) is 10.2 Å². The van der Waals surface area contributed by atoms with E-state index in [1.54, 1.807) is 54.0 Å². The topological polar surface area (TPSA) is 98.2 Å². The quantitative estimate of drug-likeness (QED) is 0.267. The number of nitrogens with zero attached hydrogens (tertiary/aromatic N) is 4. The second-order valence-electron chi connectivity index (χ2n) is 9.96. The summed E-state index contributed by atoms with van der Waals surface area (Å²) in [6.07, 6.45) is 1.85. The van der Waals surface area contributed by atoms with Crippen molar-refractivity contribution in [1.82, 2.24) is 19.4 Å². The average Bonchev–Trinajstić information content (AvgIpc) is 3.47. The molecule has 1 N–H and O–H groups in total. The van der Waals surface area contributed by atoms with Crippen molar-refractivity contribution in [2.75, 3.05) is 65.5 Å². The molecule has 1 aliphatic rings. The fourth-order valence-electron chi connectivity index (χ4n) is 4.84. The van der Waals surface area contributed by atoms with Gasteiger partial charge in [0, 0.05) is 54.6 Å². The van der Waals surface area contributed by atoms with Gasteiger partial charge in [0.1, 0.15) is 6.54 Å². The van der Waals surface area contributed by atoms with Crippen molar-refractivity contribution in [1.29, 1.82) is 0 Å². The van der Waals surface area contributed by atoms with Crippen molar-refractivity contribution < 1.29 is 23.8 Å². The molecule has 0 saturated carbocycles. The Morgan fingerprint density at radius 2 is 1.70 bits per heavy atom. The highest BCUT2D eigenvalue weighted by molar-refractivity contribution is 6.30. The predicted octanol–water partition coefficient (Wildman–Crippen LogP) is 4.62. The zero-order valence-corrected chi connectivity index (χ0v) is 24.9. The van der Waals surface area contributed by atoms with Crippen molar-refractivity contribution in [3.05, 3.63) is 89.6 Å². The zero-order chi connectivity index (χ0) is 30.2. The third kappa shape index (κ3) is 7.53. The van der Waals surface area contributed by atoms with Crippen LogP contribution in [0.1, 0.15) is 10.4 Å². The van der Waals surface area contributed by atoms with Crippen LogP contribution in [-0.4, -0.2) is 91.3 Å². The molecule has 0 aliphatic carbocycles. The van der Waals surface area contributed by atoms with Crippen LogP contribution in [-0.2, 0) is 9.53 Å². The monoisotopic (exact) mass is 603 g/mol. The van der Waals surface area contributed by atoms with Gasteiger partial charge in [0.25, 0.3) is 5.91 Å². The molecule has 0 spiro atoms. The van der Waals surface area contributed by atoms with E-state index in [0.717, 1.165) is 18.7 Å². The first kappa shape index (κ1) is 30.1. The number of hydrogen-bond donors (Lipinski definition) is 1. The van der Waals surface area contributed by atoms with E-state index in [1.165, 1.54) is 0 Å². The lowest BCUT2D eigenvalue weighted by atomic mass is 10.2. The molecule has 0 radical (unpaired) electrons. The summed E-state index contributed by atoms with van der Waals surface area (Å²) in [4.78, 5) is 35.6. The van der Waals surface area contributed by atoms with Gasteiger partial charge in [-0.05, 0) is 36.4 Å². The number of nitrogens with one attached hydrogen (secondary N) is 1. The highest BCUT2D eigenvalue weighted by atomic mass is 35.5. The molecular formula is C32H34ClN5O5. The van der Waals surface area contributed by atoms with Gasteiger partial charge in [-0.3, -0.25) is 24.4 Å². The molecule has 1 aromatic heterocycles. The number of anilines is 1. The maximum Gasteiger partial charge on any atom is 0.254 e. The number of amides is 2. The molecule has 1 aliphatic heterocycles. The van der Waals surface area contributed by atoms with Crippen LogP contribution in [0.5, 0.6) is 11.5 Å². The van der Waals surface area contributed by atoms with Gasteiger partial charge in [0.2, 0.25) is 11.9 Å². The van der Waals surface area contributed by atoms with Crippen molar-refractivity contribution in [3.63, 3.8) is 0 Å². The summed E-state index contributed by atoms with van der Waals surface area (Å²) >= 11 is 6.05. The highest BCUT2D eigenvalue weighted by Gasteiger charge is 2.23. The van der Waals surface area contributed by atoms with Crippen LogP contribution >= 0.6 is 11.6 Å². The molecule has 0 atom stereocenters. The lowest BCUT2D eigenvalue weighted by molar-refractivity contribution is -0.117. The Morgan fingerprint density at radius 1 is 0.977 bits per heavy atom. The van der Waals surface area contributed by atoms with Gasteiger partial charge in [-0.1, -0.05) is 41.9 Å². The number of rotatable bonds is 11. The molecule has 2 amide bonds. The second-order valence-corrected chi connectivity index (χ2v) is 10.4. The van der Waals surface area contributed by atoms with E-state index < -0.39 is 0 Å². The van der Waals surface area contributed by atoms with Crippen LogP contribution in [0.4, 0.5) is 5.95 Å². The number of aromatic nitrogens is 2. The van der Waals surface area contributed by atoms with Crippen LogP contribution in [0.15, 0.2) is 79.0 Å². The van der Waals surface area contributed by atoms with Crippen molar-refractivity contribution >= 4 is 29.4 Å². The number of methoxy groups -OCH3 is 2. The molecule has 4 aromatic rings. The number of imidazole rings is 1. The maximum atomic E-state index is 13.6. The minimum absolute atomic E-state index is 0.161. The second kappa shape index (κ2) is 14.2. The molecule has 0 unspecified atom stereocenters. The molecule has 224 valence electrons. The number of ether oxygens (including phenoxy) is 3. The predicted molar refractivity (Wildman–Crippen MR) is 165 cm³/mol. The fraction of sp³-hybridized carbons (Fsp3) is 0.281. The number of carbonyl (C=O) groups is 2. The lowest BCUT2D eigenvalue weighted by Crippen LogP contribution is -2.45. The Morgan fingerprint density at radius 3 is 2.40 bits per heavy atom. The number of benzene rings is 3. The van der Waals surface area contributed by atoms with Gasteiger partial charge in [-0.25, -0.2) is 4.98 Å². The minimum atomic E-state index is -0.378. The highest BCUT2D eigenvalue weighted by Crippen LogP contribution is 2.32. The van der Waals surface area contributed by atoms with E-state index in [1.807, 2.05) is 48.7 Å². The molecule has 3 aromatic carbocycles. The molecule has 10 nitrogen and oxygen atoms in total. The summed E-state index contributed by atoms with van der Waals surface area (Å²) in [7, 11) is 3.14. The molecule has 5 rings (SSSR count). The van der Waals surface area contributed by atoms with Gasteiger partial charge in [0.15, 0.2) is 11.5 Å². The maximum absolute atomic E-state index is 13.6. The van der Waals surface area contributed by atoms with Crippen molar-refractivity contribution in [3.8, 4) is 28.4 Å². The minimum Gasteiger partial charge on any atom is -0.493 e. The van der Waals surface area contributed by atoms with Gasteiger partial charge in [0.05, 0.1) is 38.8 Å². The van der Waals surface area contributed by atoms with E-state index in [9.17, 15) is 9.59 Å². The molecule has 1 fully saturated rings. The first-order valence-electron chi connectivity index (χ1n) is 14.0. The van der Waals surface area contributed by atoms with Crippen LogP contribution in [0, 0.1) is 0 Å². The molecule has 43 heavy (non-hydrogen) atoms. The molecular weight excluding hydrogens is 570 g/mol. The first-order chi connectivity index (χ1) is 20.9. The van der Waals surface area contributed by atoms with Gasteiger partial charge in [-0.15, -0.1) is 0 Å². The van der Waals surface area contributed by atoms with E-state index >= 15 is 0 Å². The Kier molecular flexibility index (Phi) is 9.93. The number of hydrogen-bond acceptors (Lipinski definition) is 7. The Balaban J connectivity index is 1.41. The van der Waals surface area contributed by atoms with E-state index in [0.29, 0.717) is 65.7 Å². The van der Waals surface area contributed by atoms with E-state index in [4.69, 9.17) is 30.8 Å². The van der Waals surface area contributed by atoms with Crippen LogP contribution in [0.2, 0.25) is 5.02 Å². The fourth-order valence-corrected chi connectivity index (χ4v) is 4.97. The van der Waals surface area contributed by atoms with Crippen molar-refractivity contribution in [2.45, 2.75) is 0 Å². The number of halogens is 1. The third-order valence-corrected chi connectivity index (χ3v) is 7.43. The summed E-state index contributed by atoms with van der Waals surface area (Å²) in [5.74, 6) is 0.791. The van der Waals surface area contributed by atoms with Crippen molar-refractivity contribution in [2.24, 2.45) is 0 Å². The van der Waals surface area contributed by atoms with Gasteiger partial charge in [-0.2, -0.15) is 0 Å². The molecule has 1 saturated heterocycles. The summed E-state index contributed by atoms with van der Waals surface area (Å²) in [5, 5.41) is 3.47.